The Kier molecular flexibility index (Phi) is 7.94. The molecule has 1 fully saturated rings. The van der Waals surface area contributed by atoms with E-state index < -0.39 is 5.97 Å². The largest absolute Gasteiger partial charge is 0.459 e. The normalized spacial score (nSPS) is 20.3. The Morgan fingerprint density at radius 1 is 1.03 bits per heavy atom. The Morgan fingerprint density at radius 3 is 2.49 bits per heavy atom. The number of ether oxygens (including phenoxy) is 1. The Labute approximate surface area is 232 Å². The van der Waals surface area contributed by atoms with Crippen LogP contribution in [0.4, 0.5) is 0 Å². The first-order chi connectivity index (χ1) is 18.8. The molecule has 6 nitrogen and oxygen atoms in total. The number of aromatic nitrogens is 1. The van der Waals surface area contributed by atoms with Crippen LogP contribution >= 0.6 is 0 Å². The van der Waals surface area contributed by atoms with E-state index >= 15 is 0 Å². The fraction of sp³-hybridized carbons (Fsp3) is 0.455. The lowest BCUT2D eigenvalue weighted by Crippen LogP contribution is -2.38. The number of nitrogens with zero attached hydrogens (tertiary/aromatic N) is 2. The molecule has 3 aromatic rings. The Balaban J connectivity index is 1.54. The van der Waals surface area contributed by atoms with E-state index in [9.17, 15) is 9.59 Å². The minimum Gasteiger partial charge on any atom is -0.459 e. The maximum Gasteiger partial charge on any atom is 0.342 e. The van der Waals surface area contributed by atoms with Gasteiger partial charge in [-0.25, -0.2) is 4.79 Å². The number of amides is 1. The van der Waals surface area contributed by atoms with Crippen molar-refractivity contribution in [2.75, 3.05) is 19.6 Å². The summed E-state index contributed by atoms with van der Waals surface area (Å²) in [5.41, 5.74) is 4.60. The standard InChI is InChI=1S/C33H41N3O3/c1-5-33(4)22-36(31(37)25-14-12-13-24(19-25)20-35-17-10-6-7-11-18-35)21-27(32(38)39-23(2)3)30-29(33)26-15-8-9-16-28(26)34-30/h8-9,12-16,19,21,23,34H,5-7,10-11,17-18,20,22H2,1-4H3. The molecule has 1 N–H and O–H groups in total. The summed E-state index contributed by atoms with van der Waals surface area (Å²) >= 11 is 0. The summed E-state index contributed by atoms with van der Waals surface area (Å²) < 4.78 is 5.68. The first-order valence-corrected chi connectivity index (χ1v) is 14.5. The van der Waals surface area contributed by atoms with Gasteiger partial charge in [-0.15, -0.1) is 0 Å². The predicted octanol–water partition coefficient (Wildman–Crippen LogP) is 6.66. The van der Waals surface area contributed by atoms with Crippen molar-refractivity contribution in [3.05, 3.63) is 77.1 Å². The highest BCUT2D eigenvalue weighted by molar-refractivity contribution is 6.18. The first-order valence-electron chi connectivity index (χ1n) is 14.5. The van der Waals surface area contributed by atoms with Gasteiger partial charge in [-0.1, -0.05) is 57.0 Å². The molecular formula is C33H41N3O3. The molecule has 2 aromatic carbocycles. The molecule has 1 amide bonds. The Hall–Kier alpha value is -3.38. The van der Waals surface area contributed by atoms with Crippen LogP contribution in [0.5, 0.6) is 0 Å². The van der Waals surface area contributed by atoms with Crippen LogP contribution in [-0.4, -0.2) is 52.4 Å². The highest BCUT2D eigenvalue weighted by Crippen LogP contribution is 2.42. The predicted molar refractivity (Wildman–Crippen MR) is 156 cm³/mol. The van der Waals surface area contributed by atoms with Gasteiger partial charge >= 0.3 is 5.97 Å². The molecule has 3 heterocycles. The van der Waals surface area contributed by atoms with Crippen molar-refractivity contribution in [3.63, 3.8) is 0 Å². The highest BCUT2D eigenvalue weighted by atomic mass is 16.5. The maximum atomic E-state index is 14.1. The minimum absolute atomic E-state index is 0.100. The topological polar surface area (TPSA) is 65.6 Å². The molecular weight excluding hydrogens is 486 g/mol. The van der Waals surface area contributed by atoms with Crippen molar-refractivity contribution in [2.24, 2.45) is 0 Å². The molecule has 2 aliphatic rings. The van der Waals surface area contributed by atoms with Gasteiger partial charge < -0.3 is 14.6 Å². The summed E-state index contributed by atoms with van der Waals surface area (Å²) in [7, 11) is 0. The lowest BCUT2D eigenvalue weighted by molar-refractivity contribution is -0.140. The van der Waals surface area contributed by atoms with Crippen LogP contribution in [0.2, 0.25) is 0 Å². The molecule has 5 rings (SSSR count). The van der Waals surface area contributed by atoms with E-state index in [1.54, 1.807) is 11.1 Å². The van der Waals surface area contributed by atoms with Gasteiger partial charge in [0.25, 0.3) is 5.91 Å². The van der Waals surface area contributed by atoms with Crippen molar-refractivity contribution in [1.82, 2.24) is 14.8 Å². The van der Waals surface area contributed by atoms with Gasteiger partial charge in [-0.2, -0.15) is 0 Å². The molecule has 1 aromatic heterocycles. The van der Waals surface area contributed by atoms with Gasteiger partial charge in [0, 0.05) is 41.2 Å². The fourth-order valence-electron chi connectivity index (χ4n) is 6.06. The SMILES string of the molecule is CCC1(C)CN(C(=O)c2cccc(CN3CCCCCC3)c2)C=C(C(=O)OC(C)C)c2[nH]c3ccccc3c21. The van der Waals surface area contributed by atoms with Crippen LogP contribution in [0, 0.1) is 0 Å². The van der Waals surface area contributed by atoms with Crippen molar-refractivity contribution in [2.45, 2.75) is 77.9 Å². The first kappa shape index (κ1) is 27.2. The number of esters is 1. The lowest BCUT2D eigenvalue weighted by atomic mass is 9.77. The molecule has 2 aliphatic heterocycles. The number of hydrogen-bond acceptors (Lipinski definition) is 4. The minimum atomic E-state index is -0.425. The monoisotopic (exact) mass is 527 g/mol. The number of para-hydroxylation sites is 1. The second-order valence-corrected chi connectivity index (χ2v) is 11.7. The summed E-state index contributed by atoms with van der Waals surface area (Å²) in [4.78, 5) is 35.3. The van der Waals surface area contributed by atoms with Gasteiger partial charge in [0.1, 0.15) is 0 Å². The van der Waals surface area contributed by atoms with E-state index in [-0.39, 0.29) is 17.4 Å². The Morgan fingerprint density at radius 2 is 1.77 bits per heavy atom. The van der Waals surface area contributed by atoms with E-state index in [0.29, 0.717) is 17.7 Å². The van der Waals surface area contributed by atoms with E-state index in [2.05, 4.69) is 35.9 Å². The summed E-state index contributed by atoms with van der Waals surface area (Å²) in [5.74, 6) is -0.525. The maximum absolute atomic E-state index is 14.1. The van der Waals surface area contributed by atoms with Crippen molar-refractivity contribution in [3.8, 4) is 0 Å². The van der Waals surface area contributed by atoms with Crippen LogP contribution < -0.4 is 0 Å². The van der Waals surface area contributed by atoms with E-state index in [4.69, 9.17) is 4.74 Å². The molecule has 206 valence electrons. The van der Waals surface area contributed by atoms with E-state index in [1.165, 1.54) is 25.7 Å². The van der Waals surface area contributed by atoms with Gasteiger partial charge in [0.05, 0.1) is 17.4 Å². The molecule has 6 heteroatoms. The van der Waals surface area contributed by atoms with Crippen LogP contribution in [0.1, 0.15) is 87.0 Å². The van der Waals surface area contributed by atoms with Gasteiger partial charge in [-0.3, -0.25) is 9.69 Å². The zero-order valence-corrected chi connectivity index (χ0v) is 23.8. The summed E-state index contributed by atoms with van der Waals surface area (Å²) in [6.07, 6.45) is 7.31. The van der Waals surface area contributed by atoms with Gasteiger partial charge in [0.2, 0.25) is 0 Å². The van der Waals surface area contributed by atoms with Crippen LogP contribution in [0.15, 0.2) is 54.7 Å². The number of rotatable bonds is 6. The summed E-state index contributed by atoms with van der Waals surface area (Å²) in [6, 6.07) is 16.1. The molecule has 1 unspecified atom stereocenters. The molecule has 0 saturated carbocycles. The van der Waals surface area contributed by atoms with Crippen molar-refractivity contribution in [1.29, 1.82) is 0 Å². The number of H-pyrrole nitrogens is 1. The summed E-state index contributed by atoms with van der Waals surface area (Å²) in [5, 5.41) is 1.08. The van der Waals surface area contributed by atoms with Crippen LogP contribution in [0.25, 0.3) is 16.5 Å². The molecule has 1 saturated heterocycles. The average molecular weight is 528 g/mol. The van der Waals surface area contributed by atoms with Crippen LogP contribution in [-0.2, 0) is 21.5 Å². The number of carbonyl (C=O) groups is 2. The second kappa shape index (κ2) is 11.4. The number of benzene rings is 2. The smallest absolute Gasteiger partial charge is 0.342 e. The van der Waals surface area contributed by atoms with E-state index in [0.717, 1.165) is 53.8 Å². The zero-order valence-electron chi connectivity index (χ0n) is 23.8. The summed E-state index contributed by atoms with van der Waals surface area (Å²) in [6.45, 7) is 11.6. The van der Waals surface area contributed by atoms with Crippen molar-refractivity contribution < 1.29 is 14.3 Å². The zero-order chi connectivity index (χ0) is 27.6. The number of nitrogens with one attached hydrogen (secondary N) is 1. The van der Waals surface area contributed by atoms with Gasteiger partial charge in [-0.05, 0) is 75.5 Å². The molecule has 0 spiro atoms. The second-order valence-electron chi connectivity index (χ2n) is 11.7. The average Bonchev–Trinajstić information content (AvgIpc) is 3.04. The lowest BCUT2D eigenvalue weighted by Gasteiger charge is -2.32. The van der Waals surface area contributed by atoms with Crippen LogP contribution in [0.3, 0.4) is 0 Å². The van der Waals surface area contributed by atoms with E-state index in [1.807, 2.05) is 50.2 Å². The number of carbonyl (C=O) groups excluding carboxylic acids is 2. The fourth-order valence-corrected chi connectivity index (χ4v) is 6.06. The van der Waals surface area contributed by atoms with Gasteiger partial charge in [0.15, 0.2) is 0 Å². The number of hydrogen-bond donors (Lipinski definition) is 1. The number of likely N-dealkylation sites (tertiary alicyclic amines) is 1. The number of aromatic amines is 1. The Bertz CT molecular complexity index is 1380. The molecule has 0 bridgehead atoms. The highest BCUT2D eigenvalue weighted by Gasteiger charge is 2.39. The third kappa shape index (κ3) is 5.67. The number of fused-ring (bicyclic) bond motifs is 3. The molecule has 39 heavy (non-hydrogen) atoms. The quantitative estimate of drug-likeness (QED) is 0.364. The molecule has 0 radical (unpaired) electrons. The van der Waals surface area contributed by atoms with Crippen molar-refractivity contribution >= 4 is 28.4 Å². The molecule has 1 atom stereocenters. The third-order valence-electron chi connectivity index (χ3n) is 8.27. The third-order valence-corrected chi connectivity index (χ3v) is 8.27. The molecule has 0 aliphatic carbocycles.